The minimum Gasteiger partial charge on any atom is -0.384 e. The highest BCUT2D eigenvalue weighted by Gasteiger charge is 2.20. The van der Waals surface area contributed by atoms with E-state index in [1.807, 2.05) is 0 Å². The number of carbonyl (C=O) groups excluding carboxylic acids is 1. The SMILES string of the molecule is CC(=O)c1c(F)cccc1NCCC1CC1. The molecule has 1 saturated carbocycles. The molecule has 0 heterocycles. The van der Waals surface area contributed by atoms with Crippen molar-refractivity contribution in [2.45, 2.75) is 26.2 Å². The molecule has 1 aliphatic carbocycles. The van der Waals surface area contributed by atoms with E-state index in [1.54, 1.807) is 12.1 Å². The lowest BCUT2D eigenvalue weighted by Gasteiger charge is -2.10. The van der Waals surface area contributed by atoms with E-state index >= 15 is 0 Å². The van der Waals surface area contributed by atoms with Gasteiger partial charge in [-0.1, -0.05) is 18.9 Å². The van der Waals surface area contributed by atoms with Gasteiger partial charge in [-0.3, -0.25) is 4.79 Å². The van der Waals surface area contributed by atoms with E-state index in [9.17, 15) is 9.18 Å². The summed E-state index contributed by atoms with van der Waals surface area (Å²) in [6, 6.07) is 4.71. The summed E-state index contributed by atoms with van der Waals surface area (Å²) in [6.07, 6.45) is 3.72. The van der Waals surface area contributed by atoms with Gasteiger partial charge in [0.2, 0.25) is 0 Å². The maximum Gasteiger partial charge on any atom is 0.164 e. The first kappa shape index (κ1) is 11.1. The van der Waals surface area contributed by atoms with Crippen LogP contribution in [0.25, 0.3) is 0 Å². The Morgan fingerprint density at radius 2 is 2.25 bits per heavy atom. The number of nitrogens with one attached hydrogen (secondary N) is 1. The lowest BCUT2D eigenvalue weighted by Crippen LogP contribution is -2.08. The molecule has 0 bridgehead atoms. The fraction of sp³-hybridized carbons (Fsp3) is 0.462. The summed E-state index contributed by atoms with van der Waals surface area (Å²) in [4.78, 5) is 11.3. The zero-order valence-corrected chi connectivity index (χ0v) is 9.42. The van der Waals surface area contributed by atoms with Gasteiger partial charge in [-0.2, -0.15) is 0 Å². The number of ketones is 1. The third-order valence-electron chi connectivity index (χ3n) is 2.93. The van der Waals surface area contributed by atoms with Crippen molar-refractivity contribution < 1.29 is 9.18 Å². The van der Waals surface area contributed by atoms with Crippen LogP contribution >= 0.6 is 0 Å². The molecule has 0 aromatic heterocycles. The number of Topliss-reactive ketones (excluding diaryl/α,β-unsaturated/α-hetero) is 1. The van der Waals surface area contributed by atoms with Crippen LogP contribution in [0.5, 0.6) is 0 Å². The molecule has 1 fully saturated rings. The van der Waals surface area contributed by atoms with Crippen LogP contribution in [-0.4, -0.2) is 12.3 Å². The summed E-state index contributed by atoms with van der Waals surface area (Å²) in [7, 11) is 0. The number of anilines is 1. The highest BCUT2D eigenvalue weighted by Crippen LogP contribution is 2.32. The summed E-state index contributed by atoms with van der Waals surface area (Å²) >= 11 is 0. The Balaban J connectivity index is 2.05. The number of hydrogen-bond acceptors (Lipinski definition) is 2. The molecule has 1 aromatic carbocycles. The first-order chi connectivity index (χ1) is 7.68. The molecule has 86 valence electrons. The Labute approximate surface area is 94.9 Å². The Bertz CT molecular complexity index is 399. The summed E-state index contributed by atoms with van der Waals surface area (Å²) in [5.74, 6) is 0.165. The largest absolute Gasteiger partial charge is 0.384 e. The number of halogens is 1. The normalized spacial score (nSPS) is 14.9. The Morgan fingerprint density at radius 1 is 1.50 bits per heavy atom. The van der Waals surface area contributed by atoms with Crippen LogP contribution in [0.3, 0.4) is 0 Å². The fourth-order valence-electron chi connectivity index (χ4n) is 1.85. The highest BCUT2D eigenvalue weighted by molar-refractivity contribution is 5.99. The molecule has 0 saturated heterocycles. The van der Waals surface area contributed by atoms with Crippen molar-refractivity contribution in [2.24, 2.45) is 5.92 Å². The van der Waals surface area contributed by atoms with Crippen molar-refractivity contribution in [1.29, 1.82) is 0 Å². The van der Waals surface area contributed by atoms with Crippen molar-refractivity contribution in [3.63, 3.8) is 0 Å². The van der Waals surface area contributed by atoms with Crippen LogP contribution in [0, 0.1) is 11.7 Å². The van der Waals surface area contributed by atoms with Crippen molar-refractivity contribution in [1.82, 2.24) is 0 Å². The topological polar surface area (TPSA) is 29.1 Å². The third-order valence-corrected chi connectivity index (χ3v) is 2.93. The average Bonchev–Trinajstić information content (AvgIpc) is 3.01. The molecule has 0 atom stereocenters. The summed E-state index contributed by atoms with van der Waals surface area (Å²) in [5, 5.41) is 3.15. The molecule has 3 heteroatoms. The molecule has 0 radical (unpaired) electrons. The predicted octanol–water partition coefficient (Wildman–Crippen LogP) is 3.24. The van der Waals surface area contributed by atoms with Crippen LogP contribution in [-0.2, 0) is 0 Å². The summed E-state index contributed by atoms with van der Waals surface area (Å²) in [6.45, 7) is 2.21. The summed E-state index contributed by atoms with van der Waals surface area (Å²) in [5.41, 5.74) is 0.798. The van der Waals surface area contributed by atoms with Crippen molar-refractivity contribution in [2.75, 3.05) is 11.9 Å². The van der Waals surface area contributed by atoms with Crippen LogP contribution in [0.2, 0.25) is 0 Å². The van der Waals surface area contributed by atoms with Gasteiger partial charge in [0.25, 0.3) is 0 Å². The molecular weight excluding hydrogens is 205 g/mol. The van der Waals surface area contributed by atoms with E-state index in [0.29, 0.717) is 5.69 Å². The van der Waals surface area contributed by atoms with Gasteiger partial charge in [0, 0.05) is 12.2 Å². The van der Waals surface area contributed by atoms with Gasteiger partial charge in [0.05, 0.1) is 5.56 Å². The predicted molar refractivity (Wildman–Crippen MR) is 62.2 cm³/mol. The van der Waals surface area contributed by atoms with Crippen molar-refractivity contribution in [3.8, 4) is 0 Å². The molecule has 1 aliphatic rings. The second-order valence-corrected chi connectivity index (χ2v) is 4.38. The van der Waals surface area contributed by atoms with E-state index in [4.69, 9.17) is 0 Å². The lowest BCUT2D eigenvalue weighted by molar-refractivity contribution is 0.101. The zero-order chi connectivity index (χ0) is 11.5. The molecule has 1 N–H and O–H groups in total. The maximum absolute atomic E-state index is 13.4. The lowest BCUT2D eigenvalue weighted by atomic mass is 10.1. The second kappa shape index (κ2) is 4.64. The molecule has 0 amide bonds. The smallest absolute Gasteiger partial charge is 0.164 e. The first-order valence-electron chi connectivity index (χ1n) is 5.72. The van der Waals surface area contributed by atoms with E-state index in [-0.39, 0.29) is 11.3 Å². The molecule has 0 aliphatic heterocycles. The molecular formula is C13H16FNO. The number of hydrogen-bond donors (Lipinski definition) is 1. The van der Waals surface area contributed by atoms with Gasteiger partial charge >= 0.3 is 0 Å². The van der Waals surface area contributed by atoms with E-state index in [1.165, 1.54) is 25.8 Å². The quantitative estimate of drug-likeness (QED) is 0.773. The standard InChI is InChI=1S/C13H16FNO/c1-9(16)13-11(14)3-2-4-12(13)15-8-7-10-5-6-10/h2-4,10,15H,5-8H2,1H3. The van der Waals surface area contributed by atoms with Gasteiger partial charge < -0.3 is 5.32 Å². The number of carbonyl (C=O) groups is 1. The third kappa shape index (κ3) is 2.60. The van der Waals surface area contributed by atoms with Gasteiger partial charge in [-0.05, 0) is 31.4 Å². The molecule has 2 nitrogen and oxygen atoms in total. The Morgan fingerprint density at radius 3 is 2.88 bits per heavy atom. The van der Waals surface area contributed by atoms with Crippen LogP contribution < -0.4 is 5.32 Å². The van der Waals surface area contributed by atoms with Gasteiger partial charge in [-0.25, -0.2) is 4.39 Å². The zero-order valence-electron chi connectivity index (χ0n) is 9.42. The van der Waals surface area contributed by atoms with E-state index < -0.39 is 5.82 Å². The molecule has 0 unspecified atom stereocenters. The van der Waals surface area contributed by atoms with E-state index in [2.05, 4.69) is 5.32 Å². The molecule has 0 spiro atoms. The van der Waals surface area contributed by atoms with Crippen LogP contribution in [0.4, 0.5) is 10.1 Å². The fourth-order valence-corrected chi connectivity index (χ4v) is 1.85. The van der Waals surface area contributed by atoms with Crippen LogP contribution in [0.15, 0.2) is 18.2 Å². The van der Waals surface area contributed by atoms with Gasteiger partial charge in [0.1, 0.15) is 5.82 Å². The summed E-state index contributed by atoms with van der Waals surface area (Å²) < 4.78 is 13.4. The average molecular weight is 221 g/mol. The second-order valence-electron chi connectivity index (χ2n) is 4.38. The Kier molecular flexibility index (Phi) is 3.22. The first-order valence-corrected chi connectivity index (χ1v) is 5.72. The van der Waals surface area contributed by atoms with Crippen LogP contribution in [0.1, 0.15) is 36.5 Å². The molecule has 16 heavy (non-hydrogen) atoms. The number of benzene rings is 1. The van der Waals surface area contributed by atoms with Gasteiger partial charge in [-0.15, -0.1) is 0 Å². The molecule has 2 rings (SSSR count). The Hall–Kier alpha value is -1.38. The maximum atomic E-state index is 13.4. The molecule has 1 aromatic rings. The highest BCUT2D eigenvalue weighted by atomic mass is 19.1. The number of rotatable bonds is 5. The van der Waals surface area contributed by atoms with Gasteiger partial charge in [0.15, 0.2) is 5.78 Å². The van der Waals surface area contributed by atoms with Crippen molar-refractivity contribution in [3.05, 3.63) is 29.6 Å². The monoisotopic (exact) mass is 221 g/mol. The van der Waals surface area contributed by atoms with Crippen molar-refractivity contribution >= 4 is 11.5 Å². The minimum atomic E-state index is -0.441. The minimum absolute atomic E-state index is 0.179. The van der Waals surface area contributed by atoms with E-state index in [0.717, 1.165) is 18.9 Å².